The molecular formula is C23H19ClI4N2O5. The Kier molecular flexibility index (Phi) is 10.1. The molecule has 0 radical (unpaired) electrons. The second-order valence-corrected chi connectivity index (χ2v) is 13.0. The maximum absolute atomic E-state index is 13.4. The summed E-state index contributed by atoms with van der Waals surface area (Å²) in [5.74, 6) is -2.40. The van der Waals surface area contributed by atoms with Gasteiger partial charge in [-0.3, -0.25) is 19.3 Å². The first kappa shape index (κ1) is 29.3. The molecule has 35 heavy (non-hydrogen) atoms. The van der Waals surface area contributed by atoms with E-state index in [9.17, 15) is 19.2 Å². The Balaban J connectivity index is 1.82. The zero-order chi connectivity index (χ0) is 26.2. The highest BCUT2D eigenvalue weighted by atomic mass is 127. The third-order valence-corrected chi connectivity index (χ3v) is 12.9. The lowest BCUT2D eigenvalue weighted by molar-refractivity contribution is -0.151. The molecule has 0 aromatic heterocycles. The summed E-state index contributed by atoms with van der Waals surface area (Å²) in [5, 5.41) is 3.22. The molecule has 0 unspecified atom stereocenters. The fourth-order valence-corrected chi connectivity index (χ4v) is 7.47. The molecule has 0 bridgehead atoms. The van der Waals surface area contributed by atoms with Crippen LogP contribution in [0.4, 0.5) is 5.69 Å². The van der Waals surface area contributed by atoms with Crippen LogP contribution >= 0.6 is 102 Å². The lowest BCUT2D eigenvalue weighted by Crippen LogP contribution is -2.47. The molecule has 1 atom stereocenters. The standard InChI is InChI=1S/C23H19ClI4N2O5/c1-9(2)6-13(23(34)35-8-14(31)29-12-5-4-11(24)7-10(12)3)30-21(32)15-16(22(30)33)18(26)20(28)19(27)17(15)25/h4-5,7,9,13H,6,8H2,1-3H3,(H,29,31)/t13-/m0/s1. The summed E-state index contributed by atoms with van der Waals surface area (Å²) in [4.78, 5) is 53.3. The molecule has 7 nitrogen and oxygen atoms in total. The van der Waals surface area contributed by atoms with Crippen LogP contribution in [0.25, 0.3) is 0 Å². The molecule has 3 amide bonds. The maximum Gasteiger partial charge on any atom is 0.329 e. The van der Waals surface area contributed by atoms with Crippen LogP contribution in [0.3, 0.4) is 0 Å². The first-order valence-electron chi connectivity index (χ1n) is 10.3. The number of esters is 1. The summed E-state index contributed by atoms with van der Waals surface area (Å²) >= 11 is 14.4. The largest absolute Gasteiger partial charge is 0.454 e. The fourth-order valence-electron chi connectivity index (χ4n) is 3.59. The third kappa shape index (κ3) is 6.25. The molecule has 1 aliphatic heterocycles. The van der Waals surface area contributed by atoms with Crippen molar-refractivity contribution in [2.45, 2.75) is 33.2 Å². The monoisotopic (exact) mass is 946 g/mol. The van der Waals surface area contributed by atoms with E-state index < -0.39 is 36.3 Å². The average molecular weight is 946 g/mol. The Labute approximate surface area is 262 Å². The summed E-state index contributed by atoms with van der Waals surface area (Å²) < 4.78 is 8.41. The van der Waals surface area contributed by atoms with Crippen LogP contribution in [-0.2, 0) is 14.3 Å². The Morgan fingerprint density at radius 2 is 1.54 bits per heavy atom. The molecule has 186 valence electrons. The Morgan fingerprint density at radius 3 is 2.03 bits per heavy atom. The highest BCUT2D eigenvalue weighted by Crippen LogP contribution is 2.39. The van der Waals surface area contributed by atoms with Gasteiger partial charge in [0.2, 0.25) is 0 Å². The molecule has 2 aromatic carbocycles. The van der Waals surface area contributed by atoms with Gasteiger partial charge in [0.05, 0.1) is 11.1 Å². The number of carbonyl (C=O) groups is 4. The summed E-state index contributed by atoms with van der Waals surface area (Å²) in [6, 6.07) is 3.86. The van der Waals surface area contributed by atoms with Crippen molar-refractivity contribution in [3.63, 3.8) is 0 Å². The van der Waals surface area contributed by atoms with Crippen LogP contribution in [0.1, 0.15) is 46.5 Å². The van der Waals surface area contributed by atoms with E-state index in [1.54, 1.807) is 25.1 Å². The van der Waals surface area contributed by atoms with Crippen molar-refractivity contribution >= 4 is 131 Å². The quantitative estimate of drug-likeness (QED) is 0.117. The number of fused-ring (bicyclic) bond motifs is 1. The molecule has 0 fully saturated rings. The van der Waals surface area contributed by atoms with Gasteiger partial charge in [-0.2, -0.15) is 0 Å². The minimum atomic E-state index is -1.14. The number of benzene rings is 2. The number of nitrogens with zero attached hydrogens (tertiary/aromatic N) is 1. The molecule has 0 saturated heterocycles. The highest BCUT2D eigenvalue weighted by Gasteiger charge is 2.47. The van der Waals surface area contributed by atoms with Gasteiger partial charge >= 0.3 is 5.97 Å². The molecule has 1 aliphatic rings. The van der Waals surface area contributed by atoms with Crippen molar-refractivity contribution in [1.29, 1.82) is 0 Å². The lowest BCUT2D eigenvalue weighted by atomic mass is 10.0. The van der Waals surface area contributed by atoms with Crippen LogP contribution < -0.4 is 5.32 Å². The van der Waals surface area contributed by atoms with Gasteiger partial charge in [0, 0.05) is 25.0 Å². The van der Waals surface area contributed by atoms with E-state index in [4.69, 9.17) is 16.3 Å². The number of aryl methyl sites for hydroxylation is 1. The zero-order valence-electron chi connectivity index (χ0n) is 18.7. The van der Waals surface area contributed by atoms with Crippen molar-refractivity contribution in [2.24, 2.45) is 5.92 Å². The van der Waals surface area contributed by atoms with E-state index in [1.807, 2.05) is 13.8 Å². The Bertz CT molecular complexity index is 1200. The van der Waals surface area contributed by atoms with Crippen LogP contribution in [0, 0.1) is 27.1 Å². The minimum absolute atomic E-state index is 0.0131. The molecule has 1 heterocycles. The number of hydrogen-bond donors (Lipinski definition) is 1. The van der Waals surface area contributed by atoms with Gasteiger partial charge < -0.3 is 10.1 Å². The number of halogens is 5. The van der Waals surface area contributed by atoms with E-state index in [2.05, 4.69) is 95.7 Å². The second kappa shape index (κ2) is 12.1. The van der Waals surface area contributed by atoms with E-state index in [0.717, 1.165) is 17.6 Å². The normalized spacial score (nSPS) is 13.8. The molecule has 0 aliphatic carbocycles. The van der Waals surface area contributed by atoms with Gasteiger partial charge in [0.15, 0.2) is 6.61 Å². The van der Waals surface area contributed by atoms with Crippen LogP contribution in [-0.4, -0.2) is 41.2 Å². The molecule has 0 saturated carbocycles. The van der Waals surface area contributed by atoms with Crippen LogP contribution in [0.5, 0.6) is 0 Å². The van der Waals surface area contributed by atoms with Crippen molar-refractivity contribution in [2.75, 3.05) is 11.9 Å². The molecule has 2 aromatic rings. The summed E-state index contributed by atoms with van der Waals surface area (Å²) in [5.41, 5.74) is 1.92. The van der Waals surface area contributed by atoms with Crippen molar-refractivity contribution in [3.8, 4) is 0 Å². The summed E-state index contributed by atoms with van der Waals surface area (Å²) in [6.07, 6.45) is 0.212. The van der Waals surface area contributed by atoms with Crippen molar-refractivity contribution in [3.05, 3.63) is 54.2 Å². The molecule has 3 rings (SSSR count). The van der Waals surface area contributed by atoms with Gasteiger partial charge in [0.1, 0.15) is 6.04 Å². The zero-order valence-corrected chi connectivity index (χ0v) is 28.1. The van der Waals surface area contributed by atoms with E-state index >= 15 is 0 Å². The van der Waals surface area contributed by atoms with E-state index in [0.29, 0.717) is 29.0 Å². The average Bonchev–Trinajstić information content (AvgIpc) is 3.04. The highest BCUT2D eigenvalue weighted by molar-refractivity contribution is 14.1. The van der Waals surface area contributed by atoms with E-state index in [1.165, 1.54) is 0 Å². The lowest BCUT2D eigenvalue weighted by Gasteiger charge is -2.26. The second-order valence-electron chi connectivity index (χ2n) is 8.25. The molecule has 1 N–H and O–H groups in total. The number of ether oxygens (including phenoxy) is 1. The predicted octanol–water partition coefficient (Wildman–Crippen LogP) is 6.26. The number of nitrogens with one attached hydrogen (secondary N) is 1. The van der Waals surface area contributed by atoms with Crippen LogP contribution in [0.2, 0.25) is 5.02 Å². The predicted molar refractivity (Wildman–Crippen MR) is 167 cm³/mol. The Morgan fingerprint density at radius 1 is 1.00 bits per heavy atom. The number of rotatable bonds is 7. The van der Waals surface area contributed by atoms with Gasteiger partial charge in [-0.1, -0.05) is 25.4 Å². The first-order valence-corrected chi connectivity index (χ1v) is 15.0. The smallest absolute Gasteiger partial charge is 0.329 e. The number of hydrogen-bond acceptors (Lipinski definition) is 5. The number of anilines is 1. The molecule has 12 heteroatoms. The summed E-state index contributed by atoms with van der Waals surface area (Å²) in [6.45, 7) is 5.00. The van der Waals surface area contributed by atoms with Gasteiger partial charge in [-0.25, -0.2) is 4.79 Å². The number of amides is 3. The Hall–Kier alpha value is -0.270. The van der Waals surface area contributed by atoms with Gasteiger partial charge in [-0.15, -0.1) is 0 Å². The number of imide groups is 1. The van der Waals surface area contributed by atoms with Crippen LogP contribution in [0.15, 0.2) is 18.2 Å². The molecule has 0 spiro atoms. The van der Waals surface area contributed by atoms with Gasteiger partial charge in [0.25, 0.3) is 17.7 Å². The summed E-state index contributed by atoms with van der Waals surface area (Å²) in [7, 11) is 0. The molecular weight excluding hydrogens is 927 g/mol. The first-order chi connectivity index (χ1) is 16.3. The SMILES string of the molecule is Cc1cc(Cl)ccc1NC(=O)COC(=O)[C@H](CC(C)C)N1C(=O)c2c(I)c(I)c(I)c(I)c2C1=O. The van der Waals surface area contributed by atoms with Crippen molar-refractivity contribution < 1.29 is 23.9 Å². The topological polar surface area (TPSA) is 92.8 Å². The minimum Gasteiger partial charge on any atom is -0.454 e. The number of carbonyl (C=O) groups excluding carboxylic acids is 4. The van der Waals surface area contributed by atoms with Gasteiger partial charge in [-0.05, 0) is 133 Å². The third-order valence-electron chi connectivity index (χ3n) is 5.22. The van der Waals surface area contributed by atoms with E-state index in [-0.39, 0.29) is 12.3 Å². The fraction of sp³-hybridized carbons (Fsp3) is 0.304. The van der Waals surface area contributed by atoms with Crippen molar-refractivity contribution in [1.82, 2.24) is 4.90 Å². The maximum atomic E-state index is 13.4.